The van der Waals surface area contributed by atoms with E-state index in [0.717, 1.165) is 0 Å². The molecule has 1 saturated heterocycles. The molecule has 1 aliphatic rings. The van der Waals surface area contributed by atoms with Crippen molar-refractivity contribution in [3.63, 3.8) is 0 Å². The van der Waals surface area contributed by atoms with Gasteiger partial charge in [0, 0.05) is 29.8 Å². The van der Waals surface area contributed by atoms with Crippen molar-refractivity contribution in [1.82, 2.24) is 4.90 Å². The first kappa shape index (κ1) is 26.4. The minimum absolute atomic E-state index is 0.0387. The fraction of sp³-hybridized carbons (Fsp3) is 0.296. The quantitative estimate of drug-likeness (QED) is 0.426. The molecule has 10 heteroatoms. The van der Waals surface area contributed by atoms with Crippen molar-refractivity contribution in [2.45, 2.75) is 24.3 Å². The fourth-order valence-corrected chi connectivity index (χ4v) is 5.34. The zero-order valence-corrected chi connectivity index (χ0v) is 21.6. The van der Waals surface area contributed by atoms with Crippen LogP contribution in [0.4, 0.5) is 15.8 Å². The van der Waals surface area contributed by atoms with Gasteiger partial charge in [-0.25, -0.2) is 12.8 Å². The molecule has 3 aromatic carbocycles. The van der Waals surface area contributed by atoms with E-state index in [1.54, 1.807) is 36.4 Å². The van der Waals surface area contributed by atoms with E-state index >= 15 is 0 Å². The van der Waals surface area contributed by atoms with Crippen LogP contribution in [0.2, 0.25) is 0 Å². The summed E-state index contributed by atoms with van der Waals surface area (Å²) in [4.78, 5) is 15.0. The number of methoxy groups -OCH3 is 2. The Labute approximate surface area is 216 Å². The minimum Gasteiger partial charge on any atom is -0.497 e. The topological polar surface area (TPSA) is 97.0 Å². The van der Waals surface area contributed by atoms with Gasteiger partial charge in [-0.3, -0.25) is 14.4 Å². The number of piperidine rings is 1. The van der Waals surface area contributed by atoms with Gasteiger partial charge in [-0.2, -0.15) is 0 Å². The van der Waals surface area contributed by atoms with Gasteiger partial charge in [0.15, 0.2) is 0 Å². The van der Waals surface area contributed by atoms with Crippen LogP contribution in [0.25, 0.3) is 0 Å². The van der Waals surface area contributed by atoms with Crippen LogP contribution in [-0.2, 0) is 21.4 Å². The second-order valence-electron chi connectivity index (χ2n) is 8.83. The number of nitrogens with zero attached hydrogens (tertiary/aromatic N) is 1. The average molecular weight is 528 g/mol. The molecule has 0 aliphatic carbocycles. The van der Waals surface area contributed by atoms with E-state index in [0.29, 0.717) is 55.2 Å². The number of anilines is 2. The molecular weight excluding hydrogens is 497 g/mol. The maximum Gasteiger partial charge on any atom is 0.262 e. The van der Waals surface area contributed by atoms with Crippen molar-refractivity contribution in [3.05, 3.63) is 78.1 Å². The fourth-order valence-electron chi connectivity index (χ4n) is 4.28. The molecule has 4 rings (SSSR count). The van der Waals surface area contributed by atoms with Gasteiger partial charge in [-0.1, -0.05) is 18.2 Å². The molecule has 0 spiro atoms. The van der Waals surface area contributed by atoms with Crippen LogP contribution >= 0.6 is 0 Å². The Balaban J connectivity index is 1.33. The molecule has 37 heavy (non-hydrogen) atoms. The lowest BCUT2D eigenvalue weighted by molar-refractivity contribution is -0.121. The molecule has 1 heterocycles. The molecule has 2 N–H and O–H groups in total. The highest BCUT2D eigenvalue weighted by molar-refractivity contribution is 7.92. The van der Waals surface area contributed by atoms with Crippen molar-refractivity contribution < 1.29 is 27.1 Å². The van der Waals surface area contributed by atoms with Crippen LogP contribution in [0.1, 0.15) is 18.4 Å². The van der Waals surface area contributed by atoms with Gasteiger partial charge in [0.25, 0.3) is 10.0 Å². The standard InChI is InChI=1S/C27H30FN3O5S/c1-35-22-9-12-26(36-2)25(17-22)30-37(33,34)23-10-7-21(8-11-23)29-27(32)19-13-15-31(16-14-19)18-20-5-3-4-6-24(20)28/h3-12,17,19,30H,13-16,18H2,1-2H3,(H,29,32). The Morgan fingerprint density at radius 2 is 1.70 bits per heavy atom. The van der Waals surface area contributed by atoms with E-state index in [9.17, 15) is 17.6 Å². The lowest BCUT2D eigenvalue weighted by Crippen LogP contribution is -2.37. The van der Waals surface area contributed by atoms with Crippen LogP contribution in [0.5, 0.6) is 11.5 Å². The van der Waals surface area contributed by atoms with Gasteiger partial charge < -0.3 is 14.8 Å². The number of carbonyl (C=O) groups is 1. The first-order chi connectivity index (χ1) is 17.8. The predicted octanol–water partition coefficient (Wildman–Crippen LogP) is 4.49. The van der Waals surface area contributed by atoms with Gasteiger partial charge >= 0.3 is 0 Å². The summed E-state index contributed by atoms with van der Waals surface area (Å²) in [5.74, 6) is 0.344. The Kier molecular flexibility index (Phi) is 8.30. The Bertz CT molecular complexity index is 1340. The Morgan fingerprint density at radius 1 is 1.00 bits per heavy atom. The number of hydrogen-bond donors (Lipinski definition) is 2. The number of amides is 1. The smallest absolute Gasteiger partial charge is 0.262 e. The number of rotatable bonds is 9. The van der Waals surface area contributed by atoms with Gasteiger partial charge in [-0.15, -0.1) is 0 Å². The van der Waals surface area contributed by atoms with Crippen LogP contribution < -0.4 is 19.5 Å². The van der Waals surface area contributed by atoms with E-state index in [1.165, 1.54) is 38.5 Å². The summed E-state index contributed by atoms with van der Waals surface area (Å²) in [6.07, 6.45) is 1.33. The highest BCUT2D eigenvalue weighted by atomic mass is 32.2. The van der Waals surface area contributed by atoms with Gasteiger partial charge in [0.05, 0.1) is 24.8 Å². The number of hydrogen-bond acceptors (Lipinski definition) is 6. The molecule has 8 nitrogen and oxygen atoms in total. The lowest BCUT2D eigenvalue weighted by atomic mass is 9.95. The molecule has 196 valence electrons. The predicted molar refractivity (Wildman–Crippen MR) is 140 cm³/mol. The van der Waals surface area contributed by atoms with Gasteiger partial charge in [0.2, 0.25) is 5.91 Å². The van der Waals surface area contributed by atoms with Crippen LogP contribution in [0, 0.1) is 11.7 Å². The molecule has 0 atom stereocenters. The van der Waals surface area contributed by atoms with Crippen LogP contribution in [0.3, 0.4) is 0 Å². The number of likely N-dealkylation sites (tertiary alicyclic amines) is 1. The maximum atomic E-state index is 13.9. The third kappa shape index (κ3) is 6.58. The van der Waals surface area contributed by atoms with E-state index in [-0.39, 0.29) is 28.2 Å². The zero-order chi connectivity index (χ0) is 26.4. The van der Waals surface area contributed by atoms with Gasteiger partial charge in [-0.05, 0) is 68.4 Å². The van der Waals surface area contributed by atoms with E-state index in [2.05, 4.69) is 14.9 Å². The number of sulfonamides is 1. The largest absolute Gasteiger partial charge is 0.497 e. The van der Waals surface area contributed by atoms with Crippen LogP contribution in [-0.4, -0.2) is 46.5 Å². The first-order valence-corrected chi connectivity index (χ1v) is 13.4. The molecule has 0 bridgehead atoms. The van der Waals surface area contributed by atoms with E-state index in [4.69, 9.17) is 9.47 Å². The lowest BCUT2D eigenvalue weighted by Gasteiger charge is -2.31. The van der Waals surface area contributed by atoms with Crippen molar-refractivity contribution >= 4 is 27.3 Å². The minimum atomic E-state index is -3.90. The monoisotopic (exact) mass is 527 g/mol. The molecule has 1 amide bonds. The third-order valence-corrected chi connectivity index (χ3v) is 7.77. The second-order valence-corrected chi connectivity index (χ2v) is 10.5. The SMILES string of the molecule is COc1ccc(OC)c(NS(=O)(=O)c2ccc(NC(=O)C3CCN(Cc4ccccc4F)CC3)cc2)c1. The molecule has 1 fully saturated rings. The normalized spacial score (nSPS) is 14.7. The molecule has 3 aromatic rings. The number of benzene rings is 3. The Hall–Kier alpha value is -3.63. The van der Waals surface area contributed by atoms with Crippen molar-refractivity contribution in [3.8, 4) is 11.5 Å². The van der Waals surface area contributed by atoms with E-state index in [1.807, 2.05) is 6.07 Å². The molecule has 0 saturated carbocycles. The Morgan fingerprint density at radius 3 is 2.35 bits per heavy atom. The number of nitrogens with one attached hydrogen (secondary N) is 2. The third-order valence-electron chi connectivity index (χ3n) is 6.39. The second kappa shape index (κ2) is 11.6. The first-order valence-electron chi connectivity index (χ1n) is 11.9. The summed E-state index contributed by atoms with van der Waals surface area (Å²) in [7, 11) is -0.965. The average Bonchev–Trinajstić information content (AvgIpc) is 2.90. The van der Waals surface area contributed by atoms with E-state index < -0.39 is 10.0 Å². The number of carbonyl (C=O) groups excluding carboxylic acids is 1. The highest BCUT2D eigenvalue weighted by Gasteiger charge is 2.26. The summed E-state index contributed by atoms with van der Waals surface area (Å²) in [5, 5.41) is 2.88. The maximum absolute atomic E-state index is 13.9. The van der Waals surface area contributed by atoms with Gasteiger partial charge in [0.1, 0.15) is 17.3 Å². The van der Waals surface area contributed by atoms with Crippen molar-refractivity contribution in [1.29, 1.82) is 0 Å². The summed E-state index contributed by atoms with van der Waals surface area (Å²) in [6.45, 7) is 1.92. The summed E-state index contributed by atoms with van der Waals surface area (Å²) in [6, 6.07) is 17.5. The van der Waals surface area contributed by atoms with Crippen LogP contribution in [0.15, 0.2) is 71.6 Å². The summed E-state index contributed by atoms with van der Waals surface area (Å²) >= 11 is 0. The summed E-state index contributed by atoms with van der Waals surface area (Å²) in [5.41, 5.74) is 1.41. The molecule has 0 unspecified atom stereocenters. The molecule has 0 radical (unpaired) electrons. The number of halogens is 1. The molecule has 0 aromatic heterocycles. The highest BCUT2D eigenvalue weighted by Crippen LogP contribution is 2.31. The zero-order valence-electron chi connectivity index (χ0n) is 20.7. The summed E-state index contributed by atoms with van der Waals surface area (Å²) < 4.78 is 52.7. The molecular formula is C27H30FN3O5S. The number of ether oxygens (including phenoxy) is 2. The van der Waals surface area contributed by atoms with Crippen molar-refractivity contribution in [2.75, 3.05) is 37.3 Å². The van der Waals surface area contributed by atoms with Crippen molar-refractivity contribution in [2.24, 2.45) is 5.92 Å². The molecule has 1 aliphatic heterocycles.